The Hall–Kier alpha value is -0.0400. The van der Waals surface area contributed by atoms with Crippen molar-refractivity contribution < 1.29 is 4.74 Å². The average Bonchev–Trinajstić information content (AvgIpc) is 2.82. The van der Waals surface area contributed by atoms with E-state index in [1.165, 1.54) is 38.5 Å². The van der Waals surface area contributed by atoms with E-state index in [4.69, 9.17) is 4.74 Å². The smallest absolute Gasteiger partial charge is 0.0864 e. The zero-order valence-electron chi connectivity index (χ0n) is 9.38. The summed E-state index contributed by atoms with van der Waals surface area (Å²) in [7, 11) is 0. The van der Waals surface area contributed by atoms with E-state index in [1.54, 1.807) is 0 Å². The SMILES string of the molecule is CCCCCCCC(C)C1OC1C. The predicted molar refractivity (Wildman–Crippen MR) is 56.9 cm³/mol. The Kier molecular flexibility index (Phi) is 4.79. The number of epoxide rings is 1. The van der Waals surface area contributed by atoms with E-state index < -0.39 is 0 Å². The second-order valence-corrected chi connectivity index (χ2v) is 4.49. The van der Waals surface area contributed by atoms with E-state index in [2.05, 4.69) is 20.8 Å². The zero-order chi connectivity index (χ0) is 9.68. The summed E-state index contributed by atoms with van der Waals surface area (Å²) < 4.78 is 5.46. The molecule has 0 aliphatic carbocycles. The summed E-state index contributed by atoms with van der Waals surface area (Å²) in [6.07, 6.45) is 9.48. The maximum atomic E-state index is 5.46. The molecule has 1 heteroatoms. The van der Waals surface area contributed by atoms with Crippen LogP contribution in [0.1, 0.15) is 59.3 Å². The molecule has 3 unspecified atom stereocenters. The highest BCUT2D eigenvalue weighted by Gasteiger charge is 2.38. The van der Waals surface area contributed by atoms with Crippen molar-refractivity contribution in [3.8, 4) is 0 Å². The van der Waals surface area contributed by atoms with Gasteiger partial charge in [-0.25, -0.2) is 0 Å². The number of ether oxygens (including phenoxy) is 1. The fraction of sp³-hybridized carbons (Fsp3) is 1.00. The Labute approximate surface area is 82.9 Å². The molecule has 0 amide bonds. The van der Waals surface area contributed by atoms with E-state index in [0.29, 0.717) is 12.2 Å². The minimum absolute atomic E-state index is 0.547. The van der Waals surface area contributed by atoms with E-state index in [-0.39, 0.29) is 0 Å². The largest absolute Gasteiger partial charge is 0.370 e. The van der Waals surface area contributed by atoms with Crippen molar-refractivity contribution in [2.24, 2.45) is 5.92 Å². The van der Waals surface area contributed by atoms with Gasteiger partial charge in [0.05, 0.1) is 12.2 Å². The van der Waals surface area contributed by atoms with Crippen molar-refractivity contribution in [1.82, 2.24) is 0 Å². The minimum Gasteiger partial charge on any atom is -0.370 e. The highest BCUT2D eigenvalue weighted by molar-refractivity contribution is 4.84. The van der Waals surface area contributed by atoms with Gasteiger partial charge in [0.1, 0.15) is 0 Å². The van der Waals surface area contributed by atoms with E-state index in [9.17, 15) is 0 Å². The summed E-state index contributed by atoms with van der Waals surface area (Å²) in [4.78, 5) is 0. The van der Waals surface area contributed by atoms with Crippen molar-refractivity contribution in [1.29, 1.82) is 0 Å². The lowest BCUT2D eigenvalue weighted by Gasteiger charge is -2.07. The molecule has 0 radical (unpaired) electrons. The van der Waals surface area contributed by atoms with Crippen LogP contribution in [0.15, 0.2) is 0 Å². The van der Waals surface area contributed by atoms with Gasteiger partial charge < -0.3 is 4.74 Å². The molecule has 0 N–H and O–H groups in total. The maximum absolute atomic E-state index is 5.46. The van der Waals surface area contributed by atoms with Gasteiger partial charge in [0.2, 0.25) is 0 Å². The Bertz CT molecular complexity index is 133. The first kappa shape index (κ1) is 11.0. The number of rotatable bonds is 7. The topological polar surface area (TPSA) is 12.5 Å². The molecule has 1 aliphatic rings. The highest BCUT2D eigenvalue weighted by Crippen LogP contribution is 2.31. The number of hydrogen-bond donors (Lipinski definition) is 0. The van der Waals surface area contributed by atoms with Crippen LogP contribution in [-0.4, -0.2) is 12.2 Å². The lowest BCUT2D eigenvalue weighted by atomic mass is 9.98. The third-order valence-corrected chi connectivity index (χ3v) is 3.08. The average molecular weight is 184 g/mol. The van der Waals surface area contributed by atoms with Crippen LogP contribution in [0.4, 0.5) is 0 Å². The molecule has 0 aromatic carbocycles. The van der Waals surface area contributed by atoms with E-state index in [0.717, 1.165) is 5.92 Å². The molecule has 3 atom stereocenters. The van der Waals surface area contributed by atoms with Gasteiger partial charge in [0.15, 0.2) is 0 Å². The molecule has 13 heavy (non-hydrogen) atoms. The Morgan fingerprint density at radius 2 is 1.77 bits per heavy atom. The van der Waals surface area contributed by atoms with Crippen molar-refractivity contribution in [3.63, 3.8) is 0 Å². The molecule has 0 aromatic heterocycles. The highest BCUT2D eigenvalue weighted by atomic mass is 16.6. The molecule has 78 valence electrons. The Morgan fingerprint density at radius 3 is 2.31 bits per heavy atom. The number of hydrogen-bond acceptors (Lipinski definition) is 1. The van der Waals surface area contributed by atoms with Gasteiger partial charge >= 0.3 is 0 Å². The first-order valence-corrected chi connectivity index (χ1v) is 5.91. The lowest BCUT2D eigenvalue weighted by Crippen LogP contribution is -2.05. The van der Waals surface area contributed by atoms with Crippen LogP contribution in [0, 0.1) is 5.92 Å². The fourth-order valence-corrected chi connectivity index (χ4v) is 2.03. The maximum Gasteiger partial charge on any atom is 0.0864 e. The standard InChI is InChI=1S/C12H24O/c1-4-5-6-7-8-9-10(2)12-11(3)13-12/h10-12H,4-9H2,1-3H3. The third-order valence-electron chi connectivity index (χ3n) is 3.08. The molecular weight excluding hydrogens is 160 g/mol. The molecular formula is C12H24O. The Balaban J connectivity index is 1.87. The molecule has 0 spiro atoms. The second-order valence-electron chi connectivity index (χ2n) is 4.49. The molecule has 0 saturated carbocycles. The normalized spacial score (nSPS) is 28.8. The molecule has 1 heterocycles. The molecule has 1 rings (SSSR count). The van der Waals surface area contributed by atoms with Crippen molar-refractivity contribution in [2.45, 2.75) is 71.5 Å². The molecule has 1 saturated heterocycles. The summed E-state index contributed by atoms with van der Waals surface area (Å²) in [5.41, 5.74) is 0. The van der Waals surface area contributed by atoms with Crippen molar-refractivity contribution in [2.75, 3.05) is 0 Å². The van der Waals surface area contributed by atoms with Gasteiger partial charge in [0, 0.05) is 0 Å². The summed E-state index contributed by atoms with van der Waals surface area (Å²) in [5, 5.41) is 0. The summed E-state index contributed by atoms with van der Waals surface area (Å²) in [6.45, 7) is 6.77. The summed E-state index contributed by atoms with van der Waals surface area (Å²) in [6, 6.07) is 0. The van der Waals surface area contributed by atoms with Crippen LogP contribution < -0.4 is 0 Å². The quantitative estimate of drug-likeness (QED) is 0.433. The van der Waals surface area contributed by atoms with E-state index in [1.807, 2.05) is 0 Å². The first-order valence-electron chi connectivity index (χ1n) is 5.91. The third kappa shape index (κ3) is 4.12. The zero-order valence-corrected chi connectivity index (χ0v) is 9.38. The van der Waals surface area contributed by atoms with Crippen LogP contribution in [-0.2, 0) is 4.74 Å². The molecule has 0 aromatic rings. The molecule has 1 nitrogen and oxygen atoms in total. The van der Waals surface area contributed by atoms with Crippen LogP contribution in [0.25, 0.3) is 0 Å². The fourth-order valence-electron chi connectivity index (χ4n) is 2.03. The Morgan fingerprint density at radius 1 is 1.15 bits per heavy atom. The summed E-state index contributed by atoms with van der Waals surface area (Å²) >= 11 is 0. The van der Waals surface area contributed by atoms with Crippen LogP contribution in [0.3, 0.4) is 0 Å². The van der Waals surface area contributed by atoms with Crippen molar-refractivity contribution >= 4 is 0 Å². The van der Waals surface area contributed by atoms with Gasteiger partial charge in [-0.05, 0) is 19.3 Å². The molecule has 1 aliphatic heterocycles. The monoisotopic (exact) mass is 184 g/mol. The van der Waals surface area contributed by atoms with Crippen LogP contribution >= 0.6 is 0 Å². The van der Waals surface area contributed by atoms with E-state index >= 15 is 0 Å². The van der Waals surface area contributed by atoms with Gasteiger partial charge in [-0.2, -0.15) is 0 Å². The van der Waals surface area contributed by atoms with Crippen LogP contribution in [0.5, 0.6) is 0 Å². The molecule has 1 fully saturated rings. The van der Waals surface area contributed by atoms with Crippen LogP contribution in [0.2, 0.25) is 0 Å². The van der Waals surface area contributed by atoms with Gasteiger partial charge in [-0.15, -0.1) is 0 Å². The van der Waals surface area contributed by atoms with Crippen molar-refractivity contribution in [3.05, 3.63) is 0 Å². The first-order chi connectivity index (χ1) is 6.25. The predicted octanol–water partition coefficient (Wildman–Crippen LogP) is 3.77. The minimum atomic E-state index is 0.547. The van der Waals surface area contributed by atoms with Gasteiger partial charge in [-0.1, -0.05) is 46.0 Å². The summed E-state index contributed by atoms with van der Waals surface area (Å²) in [5.74, 6) is 0.789. The van der Waals surface area contributed by atoms with Gasteiger partial charge in [0.25, 0.3) is 0 Å². The van der Waals surface area contributed by atoms with Gasteiger partial charge in [-0.3, -0.25) is 0 Å². The lowest BCUT2D eigenvalue weighted by molar-refractivity contribution is 0.315. The second kappa shape index (κ2) is 5.64. The molecule has 0 bridgehead atoms. The number of unbranched alkanes of at least 4 members (excludes halogenated alkanes) is 4.